The highest BCUT2D eigenvalue weighted by atomic mass is 16.6. The molecular weight excluding hydrogens is 296 g/mol. The van der Waals surface area contributed by atoms with E-state index in [0.717, 1.165) is 5.56 Å². The average molecular weight is 322 g/mol. The fraction of sp³-hybridized carbons (Fsp3) is 0.529. The van der Waals surface area contributed by atoms with E-state index in [2.05, 4.69) is 10.6 Å². The van der Waals surface area contributed by atoms with Crippen molar-refractivity contribution in [2.75, 3.05) is 13.7 Å². The van der Waals surface area contributed by atoms with E-state index in [1.54, 1.807) is 20.8 Å². The van der Waals surface area contributed by atoms with Crippen LogP contribution >= 0.6 is 0 Å². The highest BCUT2D eigenvalue weighted by Crippen LogP contribution is 2.15. The maximum Gasteiger partial charge on any atom is 0.407 e. The van der Waals surface area contributed by atoms with E-state index in [1.807, 2.05) is 37.3 Å². The topological polar surface area (TPSA) is 76.7 Å². The monoisotopic (exact) mass is 322 g/mol. The highest BCUT2D eigenvalue weighted by molar-refractivity contribution is 5.77. The molecule has 0 bridgehead atoms. The van der Waals surface area contributed by atoms with Crippen molar-refractivity contribution in [3.63, 3.8) is 0 Å². The molecule has 0 heterocycles. The number of amides is 1. The van der Waals surface area contributed by atoms with Crippen LogP contribution in [0.2, 0.25) is 0 Å². The summed E-state index contributed by atoms with van der Waals surface area (Å²) < 4.78 is 10.0. The second-order valence-electron chi connectivity index (χ2n) is 6.32. The molecule has 6 nitrogen and oxygen atoms in total. The van der Waals surface area contributed by atoms with Gasteiger partial charge in [0.1, 0.15) is 11.6 Å². The summed E-state index contributed by atoms with van der Waals surface area (Å²) in [6.45, 7) is 7.61. The van der Waals surface area contributed by atoms with Crippen molar-refractivity contribution in [2.45, 2.75) is 45.4 Å². The minimum atomic E-state index is -0.586. The minimum absolute atomic E-state index is 0.146. The zero-order valence-electron chi connectivity index (χ0n) is 14.4. The predicted octanol–water partition coefficient (Wildman–Crippen LogP) is 2.40. The van der Waals surface area contributed by atoms with Gasteiger partial charge < -0.3 is 14.8 Å². The van der Waals surface area contributed by atoms with E-state index < -0.39 is 17.7 Å². The number of rotatable bonds is 6. The van der Waals surface area contributed by atoms with Crippen molar-refractivity contribution in [3.05, 3.63) is 35.9 Å². The zero-order chi connectivity index (χ0) is 17.5. The van der Waals surface area contributed by atoms with Crippen LogP contribution < -0.4 is 10.6 Å². The van der Waals surface area contributed by atoms with Gasteiger partial charge in [-0.25, -0.2) is 9.59 Å². The molecular formula is C17H26N2O4. The lowest BCUT2D eigenvalue weighted by molar-refractivity contribution is -0.143. The summed E-state index contributed by atoms with van der Waals surface area (Å²) in [5.41, 5.74) is 0.266. The Balaban J connectivity index is 2.59. The fourth-order valence-electron chi connectivity index (χ4n) is 1.96. The second-order valence-corrected chi connectivity index (χ2v) is 6.32. The second kappa shape index (κ2) is 8.53. The molecule has 2 atom stereocenters. The normalized spacial score (nSPS) is 13.8. The first-order valence-electron chi connectivity index (χ1n) is 7.58. The lowest BCUT2D eigenvalue weighted by Gasteiger charge is -2.23. The number of nitrogens with one attached hydrogen (secondary N) is 2. The van der Waals surface area contributed by atoms with Gasteiger partial charge >= 0.3 is 12.1 Å². The molecule has 0 aromatic heterocycles. The summed E-state index contributed by atoms with van der Waals surface area (Å²) in [5, 5.41) is 5.83. The van der Waals surface area contributed by atoms with Gasteiger partial charge in [0.05, 0.1) is 7.11 Å². The van der Waals surface area contributed by atoms with Crippen LogP contribution in [0.1, 0.15) is 39.3 Å². The summed E-state index contributed by atoms with van der Waals surface area (Å²) in [6, 6.07) is 8.56. The van der Waals surface area contributed by atoms with Crippen molar-refractivity contribution in [1.29, 1.82) is 0 Å². The number of benzene rings is 1. The Labute approximate surface area is 137 Å². The lowest BCUT2D eigenvalue weighted by atomic mass is 10.1. The first kappa shape index (κ1) is 19.0. The van der Waals surface area contributed by atoms with E-state index in [9.17, 15) is 9.59 Å². The highest BCUT2D eigenvalue weighted by Gasteiger charge is 2.23. The third-order valence-electron chi connectivity index (χ3n) is 2.97. The number of alkyl carbamates (subject to hydrolysis) is 1. The van der Waals surface area contributed by atoms with Crippen LogP contribution in [-0.4, -0.2) is 37.4 Å². The first-order valence-corrected chi connectivity index (χ1v) is 7.58. The Bertz CT molecular complexity index is 511. The largest absolute Gasteiger partial charge is 0.468 e. The van der Waals surface area contributed by atoms with Crippen LogP contribution in [0.15, 0.2) is 30.3 Å². The van der Waals surface area contributed by atoms with Crippen molar-refractivity contribution >= 4 is 12.1 Å². The van der Waals surface area contributed by atoms with E-state index in [-0.39, 0.29) is 12.0 Å². The number of carbonyl (C=O) groups excluding carboxylic acids is 2. The van der Waals surface area contributed by atoms with Gasteiger partial charge in [0.15, 0.2) is 0 Å². The minimum Gasteiger partial charge on any atom is -0.468 e. The predicted molar refractivity (Wildman–Crippen MR) is 88.0 cm³/mol. The van der Waals surface area contributed by atoms with Crippen molar-refractivity contribution in [2.24, 2.45) is 0 Å². The van der Waals surface area contributed by atoms with Crippen molar-refractivity contribution in [1.82, 2.24) is 10.6 Å². The molecule has 1 aromatic rings. The van der Waals surface area contributed by atoms with Crippen LogP contribution in [-0.2, 0) is 14.3 Å². The SMILES string of the molecule is COC(=O)C(NC(C)CNC(=O)OC(C)(C)C)c1ccccc1. The molecule has 2 N–H and O–H groups in total. The van der Waals surface area contributed by atoms with Gasteiger partial charge in [0.25, 0.3) is 0 Å². The van der Waals surface area contributed by atoms with Crippen LogP contribution in [0.3, 0.4) is 0 Å². The summed E-state index contributed by atoms with van der Waals surface area (Å²) in [7, 11) is 1.35. The van der Waals surface area contributed by atoms with E-state index in [1.165, 1.54) is 7.11 Å². The summed E-state index contributed by atoms with van der Waals surface area (Å²) in [5.74, 6) is -0.375. The molecule has 1 rings (SSSR count). The molecule has 6 heteroatoms. The van der Waals surface area contributed by atoms with E-state index in [4.69, 9.17) is 9.47 Å². The van der Waals surface area contributed by atoms with Crippen LogP contribution in [0, 0.1) is 0 Å². The van der Waals surface area contributed by atoms with Crippen LogP contribution in [0.5, 0.6) is 0 Å². The van der Waals surface area contributed by atoms with Crippen LogP contribution in [0.4, 0.5) is 4.79 Å². The Morgan fingerprint density at radius 3 is 2.30 bits per heavy atom. The van der Waals surface area contributed by atoms with Gasteiger partial charge in [-0.2, -0.15) is 0 Å². The number of esters is 1. The van der Waals surface area contributed by atoms with Crippen molar-refractivity contribution < 1.29 is 19.1 Å². The van der Waals surface area contributed by atoms with E-state index >= 15 is 0 Å². The average Bonchev–Trinajstić information content (AvgIpc) is 2.49. The first-order chi connectivity index (χ1) is 10.7. The molecule has 1 aromatic carbocycles. The Morgan fingerprint density at radius 2 is 1.78 bits per heavy atom. The van der Waals surface area contributed by atoms with Gasteiger partial charge in [0, 0.05) is 12.6 Å². The van der Waals surface area contributed by atoms with Gasteiger partial charge in [-0.3, -0.25) is 5.32 Å². The summed E-state index contributed by atoms with van der Waals surface area (Å²) in [4.78, 5) is 23.6. The maximum absolute atomic E-state index is 12.0. The maximum atomic E-state index is 12.0. The molecule has 0 aliphatic heterocycles. The summed E-state index contributed by atoms with van der Waals surface area (Å²) >= 11 is 0. The Hall–Kier alpha value is -2.08. The third-order valence-corrected chi connectivity index (χ3v) is 2.97. The molecule has 0 spiro atoms. The molecule has 128 valence electrons. The molecule has 0 saturated carbocycles. The number of hydrogen-bond donors (Lipinski definition) is 2. The smallest absolute Gasteiger partial charge is 0.407 e. The van der Waals surface area contributed by atoms with E-state index in [0.29, 0.717) is 6.54 Å². The number of ether oxygens (including phenoxy) is 2. The van der Waals surface area contributed by atoms with Crippen molar-refractivity contribution in [3.8, 4) is 0 Å². The van der Waals surface area contributed by atoms with Gasteiger partial charge in [-0.15, -0.1) is 0 Å². The fourth-order valence-corrected chi connectivity index (χ4v) is 1.96. The third kappa shape index (κ3) is 7.15. The van der Waals surface area contributed by atoms with Crippen LogP contribution in [0.25, 0.3) is 0 Å². The number of hydrogen-bond acceptors (Lipinski definition) is 5. The number of methoxy groups -OCH3 is 1. The summed E-state index contributed by atoms with van der Waals surface area (Å²) in [6.07, 6.45) is -0.486. The number of carbonyl (C=O) groups is 2. The van der Waals surface area contributed by atoms with Gasteiger partial charge in [0.2, 0.25) is 0 Å². The standard InChI is InChI=1S/C17H26N2O4/c1-12(11-18-16(21)23-17(2,3)4)19-14(15(20)22-5)13-9-7-6-8-10-13/h6-10,12,14,19H,11H2,1-5H3,(H,18,21). The Kier molecular flexibility index (Phi) is 7.03. The molecule has 0 radical (unpaired) electrons. The molecule has 0 fully saturated rings. The quantitative estimate of drug-likeness (QED) is 0.787. The van der Waals surface area contributed by atoms with Gasteiger partial charge in [-0.05, 0) is 33.3 Å². The molecule has 23 heavy (non-hydrogen) atoms. The zero-order valence-corrected chi connectivity index (χ0v) is 14.4. The molecule has 0 saturated heterocycles. The van der Waals surface area contributed by atoms with Gasteiger partial charge in [-0.1, -0.05) is 30.3 Å². The molecule has 0 aliphatic rings. The molecule has 2 unspecified atom stereocenters. The molecule has 0 aliphatic carbocycles. The Morgan fingerprint density at radius 1 is 1.17 bits per heavy atom. The molecule has 1 amide bonds. The lowest BCUT2D eigenvalue weighted by Crippen LogP contribution is -2.44.